The van der Waals surface area contributed by atoms with Gasteiger partial charge < -0.3 is 11.1 Å². The third-order valence-corrected chi connectivity index (χ3v) is 3.75. The molecule has 0 heterocycles. The number of amides is 1. The molecule has 0 aliphatic heterocycles. The van der Waals surface area contributed by atoms with E-state index in [1.165, 1.54) is 0 Å². The van der Waals surface area contributed by atoms with Crippen LogP contribution in [-0.4, -0.2) is 12.5 Å². The van der Waals surface area contributed by atoms with Gasteiger partial charge in [-0.3, -0.25) is 4.79 Å². The van der Waals surface area contributed by atoms with Crippen molar-refractivity contribution in [3.05, 3.63) is 65.7 Å². The number of carbonyl (C=O) groups excluding carboxylic acids is 1. The lowest BCUT2D eigenvalue weighted by molar-refractivity contribution is -0.117. The van der Waals surface area contributed by atoms with Crippen molar-refractivity contribution in [1.82, 2.24) is 0 Å². The van der Waals surface area contributed by atoms with Gasteiger partial charge in [0.25, 0.3) is 0 Å². The summed E-state index contributed by atoms with van der Waals surface area (Å²) in [6.45, 7) is 6.69. The molecule has 0 aliphatic rings. The van der Waals surface area contributed by atoms with Crippen LogP contribution < -0.4 is 11.1 Å². The number of anilines is 1. The number of carbonyl (C=O) groups is 1. The molecule has 0 aliphatic carbocycles. The Kier molecular flexibility index (Phi) is 4.99. The van der Waals surface area contributed by atoms with Gasteiger partial charge in [0.2, 0.25) is 5.91 Å². The molecule has 3 nitrogen and oxygen atoms in total. The smallest absolute Gasteiger partial charge is 0.233 e. The first-order valence-electron chi connectivity index (χ1n) is 7.59. The lowest BCUT2D eigenvalue weighted by atomic mass is 9.85. The van der Waals surface area contributed by atoms with Gasteiger partial charge >= 0.3 is 0 Å². The van der Waals surface area contributed by atoms with E-state index >= 15 is 0 Å². The molecule has 1 atom stereocenters. The molecule has 116 valence electrons. The van der Waals surface area contributed by atoms with Gasteiger partial charge in [-0.15, -0.1) is 0 Å². The van der Waals surface area contributed by atoms with Crippen LogP contribution in [0.4, 0.5) is 5.69 Å². The summed E-state index contributed by atoms with van der Waals surface area (Å²) in [7, 11) is 0. The highest BCUT2D eigenvalue weighted by Crippen LogP contribution is 2.30. The standard InChI is InChI=1S/C19H24N2O/c1-19(2,3)16-11-7-8-12-17(16)21-18(22)15(13-20)14-9-5-4-6-10-14/h4-12,15H,13,20H2,1-3H3,(H,21,22). The maximum atomic E-state index is 12.6. The Morgan fingerprint density at radius 1 is 1.05 bits per heavy atom. The first-order valence-corrected chi connectivity index (χ1v) is 7.59. The predicted octanol–water partition coefficient (Wildman–Crippen LogP) is 3.67. The summed E-state index contributed by atoms with van der Waals surface area (Å²) in [5, 5.41) is 3.05. The Morgan fingerprint density at radius 3 is 2.23 bits per heavy atom. The third kappa shape index (κ3) is 3.74. The van der Waals surface area contributed by atoms with E-state index in [1.807, 2.05) is 48.5 Å². The summed E-state index contributed by atoms with van der Waals surface area (Å²) in [6.07, 6.45) is 0. The monoisotopic (exact) mass is 296 g/mol. The predicted molar refractivity (Wildman–Crippen MR) is 92.0 cm³/mol. The zero-order valence-corrected chi connectivity index (χ0v) is 13.5. The lowest BCUT2D eigenvalue weighted by Gasteiger charge is -2.24. The van der Waals surface area contributed by atoms with E-state index in [9.17, 15) is 4.79 Å². The van der Waals surface area contributed by atoms with E-state index in [4.69, 9.17) is 5.73 Å². The van der Waals surface area contributed by atoms with Crippen molar-refractivity contribution in [3.8, 4) is 0 Å². The molecule has 0 fully saturated rings. The number of benzene rings is 2. The van der Waals surface area contributed by atoms with Crippen LogP contribution in [0, 0.1) is 0 Å². The quantitative estimate of drug-likeness (QED) is 0.904. The fourth-order valence-electron chi connectivity index (χ4n) is 2.55. The molecular weight excluding hydrogens is 272 g/mol. The zero-order chi connectivity index (χ0) is 16.2. The minimum Gasteiger partial charge on any atom is -0.329 e. The van der Waals surface area contributed by atoms with Gasteiger partial charge in [0.05, 0.1) is 5.92 Å². The summed E-state index contributed by atoms with van der Waals surface area (Å²) in [5.41, 5.74) is 8.70. The fraction of sp³-hybridized carbons (Fsp3) is 0.316. The van der Waals surface area contributed by atoms with E-state index in [0.29, 0.717) is 0 Å². The molecule has 0 saturated heterocycles. The average Bonchev–Trinajstić information content (AvgIpc) is 2.48. The summed E-state index contributed by atoms with van der Waals surface area (Å²) in [4.78, 5) is 12.6. The SMILES string of the molecule is CC(C)(C)c1ccccc1NC(=O)C(CN)c1ccccc1. The normalized spacial score (nSPS) is 12.7. The largest absolute Gasteiger partial charge is 0.329 e. The highest BCUT2D eigenvalue weighted by molar-refractivity contribution is 5.96. The number of hydrogen-bond acceptors (Lipinski definition) is 2. The van der Waals surface area contributed by atoms with Crippen molar-refractivity contribution >= 4 is 11.6 Å². The molecule has 0 spiro atoms. The van der Waals surface area contributed by atoms with Gasteiger partial charge in [-0.2, -0.15) is 0 Å². The van der Waals surface area contributed by atoms with Crippen molar-refractivity contribution < 1.29 is 4.79 Å². The van der Waals surface area contributed by atoms with Gasteiger partial charge in [0.15, 0.2) is 0 Å². The molecule has 2 rings (SSSR count). The number of hydrogen-bond donors (Lipinski definition) is 2. The second-order valence-corrected chi connectivity index (χ2v) is 6.48. The van der Waals surface area contributed by atoms with Gasteiger partial charge in [-0.05, 0) is 22.6 Å². The topological polar surface area (TPSA) is 55.1 Å². The van der Waals surface area contributed by atoms with Gasteiger partial charge in [0, 0.05) is 12.2 Å². The second-order valence-electron chi connectivity index (χ2n) is 6.48. The first kappa shape index (κ1) is 16.2. The van der Waals surface area contributed by atoms with Crippen LogP contribution >= 0.6 is 0 Å². The summed E-state index contributed by atoms with van der Waals surface area (Å²) >= 11 is 0. The van der Waals surface area contributed by atoms with Crippen LogP contribution in [0.2, 0.25) is 0 Å². The molecule has 0 bridgehead atoms. The lowest BCUT2D eigenvalue weighted by Crippen LogP contribution is -2.28. The van der Waals surface area contributed by atoms with Gasteiger partial charge in [0.1, 0.15) is 0 Å². The van der Waals surface area contributed by atoms with Crippen molar-refractivity contribution in [1.29, 1.82) is 0 Å². The van der Waals surface area contributed by atoms with E-state index in [2.05, 4.69) is 32.2 Å². The van der Waals surface area contributed by atoms with Gasteiger partial charge in [-0.25, -0.2) is 0 Å². The van der Waals surface area contributed by atoms with Crippen LogP contribution in [0.3, 0.4) is 0 Å². The molecule has 2 aromatic carbocycles. The van der Waals surface area contributed by atoms with Crippen LogP contribution in [0.15, 0.2) is 54.6 Å². The molecule has 3 N–H and O–H groups in total. The maximum absolute atomic E-state index is 12.6. The van der Waals surface area contributed by atoms with E-state index in [1.54, 1.807) is 0 Å². The van der Waals surface area contributed by atoms with Crippen molar-refractivity contribution in [2.24, 2.45) is 5.73 Å². The van der Waals surface area contributed by atoms with Crippen LogP contribution in [0.1, 0.15) is 37.8 Å². The van der Waals surface area contributed by atoms with Crippen molar-refractivity contribution in [2.45, 2.75) is 32.1 Å². The minimum atomic E-state index is -0.339. The number of rotatable bonds is 4. The highest BCUT2D eigenvalue weighted by atomic mass is 16.1. The third-order valence-electron chi connectivity index (χ3n) is 3.75. The van der Waals surface area contributed by atoms with E-state index in [-0.39, 0.29) is 23.8 Å². The Morgan fingerprint density at radius 2 is 1.64 bits per heavy atom. The zero-order valence-electron chi connectivity index (χ0n) is 13.5. The molecule has 0 saturated carbocycles. The first-order chi connectivity index (χ1) is 10.4. The Balaban J connectivity index is 2.25. The number of nitrogens with two attached hydrogens (primary N) is 1. The molecule has 3 heteroatoms. The summed E-state index contributed by atoms with van der Waals surface area (Å²) in [6, 6.07) is 17.6. The van der Waals surface area contributed by atoms with Crippen LogP contribution in [-0.2, 0) is 10.2 Å². The molecule has 0 aromatic heterocycles. The molecular formula is C19H24N2O. The maximum Gasteiger partial charge on any atom is 0.233 e. The number of nitrogens with one attached hydrogen (secondary N) is 1. The second kappa shape index (κ2) is 6.75. The number of para-hydroxylation sites is 1. The van der Waals surface area contributed by atoms with Crippen LogP contribution in [0.5, 0.6) is 0 Å². The minimum absolute atomic E-state index is 0.0329. The molecule has 2 aromatic rings. The molecule has 22 heavy (non-hydrogen) atoms. The fourth-order valence-corrected chi connectivity index (χ4v) is 2.55. The highest BCUT2D eigenvalue weighted by Gasteiger charge is 2.22. The molecule has 1 unspecified atom stereocenters. The van der Waals surface area contributed by atoms with Crippen molar-refractivity contribution in [2.75, 3.05) is 11.9 Å². The van der Waals surface area contributed by atoms with Crippen LogP contribution in [0.25, 0.3) is 0 Å². The molecule has 0 radical (unpaired) electrons. The Hall–Kier alpha value is -2.13. The van der Waals surface area contributed by atoms with Crippen molar-refractivity contribution in [3.63, 3.8) is 0 Å². The average molecular weight is 296 g/mol. The Labute approximate surface area is 132 Å². The Bertz CT molecular complexity index is 629. The molecule has 1 amide bonds. The van der Waals surface area contributed by atoms with Gasteiger partial charge in [-0.1, -0.05) is 69.3 Å². The van der Waals surface area contributed by atoms with E-state index < -0.39 is 0 Å². The van der Waals surface area contributed by atoms with E-state index in [0.717, 1.165) is 16.8 Å². The summed E-state index contributed by atoms with van der Waals surface area (Å²) < 4.78 is 0. The summed E-state index contributed by atoms with van der Waals surface area (Å²) in [5.74, 6) is -0.403.